The summed E-state index contributed by atoms with van der Waals surface area (Å²) < 4.78 is 0. The van der Waals surface area contributed by atoms with E-state index in [2.05, 4.69) is 15.3 Å². The lowest BCUT2D eigenvalue weighted by molar-refractivity contribution is -0.142. The number of nitrogen functional groups attached to an aromatic ring is 1. The zero-order valence-electron chi connectivity index (χ0n) is 29.6. The van der Waals surface area contributed by atoms with Crippen LogP contribution in [0.2, 0.25) is 0 Å². The van der Waals surface area contributed by atoms with Crippen LogP contribution in [0.25, 0.3) is 0 Å². The largest absolute Gasteiger partial charge is 0.390 e. The number of nitrogens with zero attached hydrogens (tertiary/aromatic N) is 4. The molecule has 1 fully saturated rings. The monoisotopic (exact) mass is 726 g/mol. The molecule has 0 aromatic carbocycles. The van der Waals surface area contributed by atoms with Gasteiger partial charge in [-0.2, -0.15) is 0 Å². The van der Waals surface area contributed by atoms with Crippen LogP contribution in [0, 0.1) is 17.8 Å². The molecule has 3 aromatic heterocycles. The summed E-state index contributed by atoms with van der Waals surface area (Å²) in [5, 5.41) is 29.4. The third-order valence-electron chi connectivity index (χ3n) is 9.44. The van der Waals surface area contributed by atoms with Gasteiger partial charge in [0, 0.05) is 55.0 Å². The number of nitrogens with two attached hydrogens (primary N) is 1. The van der Waals surface area contributed by atoms with Crippen molar-refractivity contribution in [1.29, 1.82) is 0 Å². The fourth-order valence-corrected chi connectivity index (χ4v) is 7.88. The minimum Gasteiger partial charge on any atom is -0.390 e. The standard InChI is InChI=1S/C37H54N6O5S2/c1-25(2)18-32(44)35(47)31(19-26-10-5-4-6-11-26)41-36(48)27(20-29-24-50-37(38)40-29)21-33(45)43(22-30-13-9-17-49-30)23-34(46)42(3)16-14-28-12-7-8-15-39-28/h7-9,12-13,15,17,24-27,31-32,35,44,47H,4-6,10-11,14,16,18-23H2,1-3H3,(H2,38,40)(H,41,48)/t27-,31+,32+,35-/m1/s1. The molecule has 5 N–H and O–H groups in total. The Morgan fingerprint density at radius 2 is 1.82 bits per heavy atom. The Hall–Kier alpha value is -3.39. The number of hydrogen-bond acceptors (Lipinski definition) is 10. The highest BCUT2D eigenvalue weighted by Gasteiger charge is 2.34. The zero-order valence-corrected chi connectivity index (χ0v) is 31.2. The lowest BCUT2D eigenvalue weighted by Gasteiger charge is -2.33. The first kappa shape index (κ1) is 39.4. The summed E-state index contributed by atoms with van der Waals surface area (Å²) in [6.45, 7) is 4.50. The Morgan fingerprint density at radius 1 is 1.04 bits per heavy atom. The molecule has 0 radical (unpaired) electrons. The number of carbonyl (C=O) groups excluding carboxylic acids is 3. The number of nitrogens with one attached hydrogen (secondary N) is 1. The minimum absolute atomic E-state index is 0.141. The molecular formula is C37H54N6O5S2. The fourth-order valence-electron chi connectivity index (χ4n) is 6.58. The predicted octanol–water partition coefficient (Wildman–Crippen LogP) is 4.68. The molecule has 4 atom stereocenters. The van der Waals surface area contributed by atoms with Crippen molar-refractivity contribution in [3.05, 3.63) is 63.6 Å². The van der Waals surface area contributed by atoms with E-state index < -0.39 is 30.1 Å². The van der Waals surface area contributed by atoms with Crippen molar-refractivity contribution in [3.8, 4) is 0 Å². The quantitative estimate of drug-likeness (QED) is 0.139. The number of aliphatic hydroxyl groups excluding tert-OH is 2. The van der Waals surface area contributed by atoms with Crippen molar-refractivity contribution >= 4 is 45.5 Å². The molecule has 11 nitrogen and oxygen atoms in total. The summed E-state index contributed by atoms with van der Waals surface area (Å²) in [5.74, 6) is -1.29. The summed E-state index contributed by atoms with van der Waals surface area (Å²) in [5.41, 5.74) is 7.39. The van der Waals surface area contributed by atoms with Gasteiger partial charge in [0.25, 0.3) is 0 Å². The molecular weight excluding hydrogens is 673 g/mol. The number of aromatic nitrogens is 2. The normalized spacial score (nSPS) is 16.0. The smallest absolute Gasteiger partial charge is 0.241 e. The van der Waals surface area contributed by atoms with Crippen molar-refractivity contribution in [2.24, 2.45) is 17.8 Å². The van der Waals surface area contributed by atoms with Crippen molar-refractivity contribution in [3.63, 3.8) is 0 Å². The lowest BCUT2D eigenvalue weighted by atomic mass is 9.82. The Kier molecular flexibility index (Phi) is 15.6. The van der Waals surface area contributed by atoms with E-state index in [9.17, 15) is 24.6 Å². The Bertz CT molecular complexity index is 1460. The molecule has 3 heterocycles. The minimum atomic E-state index is -1.15. The van der Waals surface area contributed by atoms with Gasteiger partial charge in [0.15, 0.2) is 5.13 Å². The highest BCUT2D eigenvalue weighted by molar-refractivity contribution is 7.13. The van der Waals surface area contributed by atoms with Gasteiger partial charge in [-0.3, -0.25) is 19.4 Å². The summed E-state index contributed by atoms with van der Waals surface area (Å²) >= 11 is 2.76. The van der Waals surface area contributed by atoms with Crippen LogP contribution in [0.5, 0.6) is 0 Å². The number of carbonyl (C=O) groups is 3. The highest BCUT2D eigenvalue weighted by atomic mass is 32.1. The van der Waals surface area contributed by atoms with Gasteiger partial charge in [-0.15, -0.1) is 22.7 Å². The molecule has 0 spiro atoms. The van der Waals surface area contributed by atoms with Crippen LogP contribution in [0.1, 0.15) is 81.5 Å². The molecule has 50 heavy (non-hydrogen) atoms. The third-order valence-corrected chi connectivity index (χ3v) is 11.0. The molecule has 0 bridgehead atoms. The lowest BCUT2D eigenvalue weighted by Crippen LogP contribution is -2.52. The summed E-state index contributed by atoms with van der Waals surface area (Å²) in [7, 11) is 1.72. The number of hydrogen-bond donors (Lipinski definition) is 4. The van der Waals surface area contributed by atoms with Crippen molar-refractivity contribution in [2.75, 3.05) is 25.9 Å². The molecule has 0 aliphatic heterocycles. The Labute approximate surface area is 304 Å². The first-order valence-corrected chi connectivity index (χ1v) is 19.5. The van der Waals surface area contributed by atoms with E-state index in [4.69, 9.17) is 5.73 Å². The van der Waals surface area contributed by atoms with Gasteiger partial charge in [-0.25, -0.2) is 4.98 Å². The van der Waals surface area contributed by atoms with E-state index in [0.717, 1.165) is 36.3 Å². The van der Waals surface area contributed by atoms with E-state index in [0.29, 0.717) is 42.6 Å². The zero-order chi connectivity index (χ0) is 36.0. The van der Waals surface area contributed by atoms with Crippen molar-refractivity contribution < 1.29 is 24.6 Å². The maximum absolute atomic E-state index is 14.2. The number of rotatable bonds is 19. The first-order valence-electron chi connectivity index (χ1n) is 17.8. The average molecular weight is 727 g/mol. The predicted molar refractivity (Wildman–Crippen MR) is 198 cm³/mol. The maximum Gasteiger partial charge on any atom is 0.241 e. The van der Waals surface area contributed by atoms with Gasteiger partial charge < -0.3 is 31.1 Å². The Morgan fingerprint density at radius 3 is 2.46 bits per heavy atom. The van der Waals surface area contributed by atoms with Gasteiger partial charge in [-0.1, -0.05) is 58.1 Å². The van der Waals surface area contributed by atoms with E-state index in [1.54, 1.807) is 23.5 Å². The number of aliphatic hydroxyl groups is 2. The van der Waals surface area contributed by atoms with Crippen LogP contribution in [0.4, 0.5) is 5.13 Å². The van der Waals surface area contributed by atoms with Gasteiger partial charge >= 0.3 is 0 Å². The number of amides is 3. The van der Waals surface area contributed by atoms with Crippen molar-refractivity contribution in [1.82, 2.24) is 25.1 Å². The molecule has 3 aromatic rings. The van der Waals surface area contributed by atoms with E-state index in [1.165, 1.54) is 34.0 Å². The first-order chi connectivity index (χ1) is 24.0. The van der Waals surface area contributed by atoms with E-state index >= 15 is 0 Å². The number of thiazole rings is 1. The highest BCUT2D eigenvalue weighted by Crippen LogP contribution is 2.29. The van der Waals surface area contributed by atoms with Crippen LogP contribution in [-0.4, -0.2) is 86.1 Å². The second-order valence-electron chi connectivity index (χ2n) is 14.0. The molecule has 0 saturated heterocycles. The van der Waals surface area contributed by atoms with Crippen LogP contribution in [0.15, 0.2) is 47.3 Å². The summed E-state index contributed by atoms with van der Waals surface area (Å²) in [6, 6.07) is 8.81. The maximum atomic E-state index is 14.2. The molecule has 1 saturated carbocycles. The molecule has 0 unspecified atom stereocenters. The second-order valence-corrected chi connectivity index (χ2v) is 16.0. The fraction of sp³-hybridized carbons (Fsp3) is 0.595. The molecule has 1 aliphatic carbocycles. The molecule has 4 rings (SSSR count). The summed E-state index contributed by atoms with van der Waals surface area (Å²) in [6.07, 6.45) is 6.53. The number of likely N-dealkylation sites (N-methyl/N-ethyl adjacent to an activating group) is 1. The van der Waals surface area contributed by atoms with Crippen LogP contribution >= 0.6 is 22.7 Å². The van der Waals surface area contributed by atoms with E-state index in [1.807, 2.05) is 49.6 Å². The van der Waals surface area contributed by atoms with E-state index in [-0.39, 0.29) is 43.7 Å². The molecule has 1 aliphatic rings. The SMILES string of the molecule is CC(C)C[C@H](O)[C@H](O)[C@H](CC1CCCCC1)NC(=O)[C@@H](CC(=O)N(CC(=O)N(C)CCc1ccccn1)Cc1cccs1)Cc1csc(N)n1. The van der Waals surface area contributed by atoms with Gasteiger partial charge in [-0.05, 0) is 48.3 Å². The summed E-state index contributed by atoms with van der Waals surface area (Å²) in [4.78, 5) is 54.5. The average Bonchev–Trinajstić information content (AvgIpc) is 3.77. The Balaban J connectivity index is 1.52. The van der Waals surface area contributed by atoms with Crippen LogP contribution in [0.3, 0.4) is 0 Å². The van der Waals surface area contributed by atoms with Gasteiger partial charge in [0.05, 0.1) is 30.3 Å². The number of pyridine rings is 1. The number of anilines is 1. The third kappa shape index (κ3) is 12.7. The second kappa shape index (κ2) is 19.9. The molecule has 13 heteroatoms. The van der Waals surface area contributed by atoms with Crippen LogP contribution < -0.4 is 11.1 Å². The van der Waals surface area contributed by atoms with Crippen LogP contribution in [-0.2, 0) is 33.8 Å². The molecule has 3 amide bonds. The molecule has 274 valence electrons. The topological polar surface area (TPSA) is 162 Å². The van der Waals surface area contributed by atoms with Crippen molar-refractivity contribution in [2.45, 2.75) is 103 Å². The van der Waals surface area contributed by atoms with Gasteiger partial charge in [0.2, 0.25) is 17.7 Å². The van der Waals surface area contributed by atoms with Gasteiger partial charge in [0.1, 0.15) is 12.6 Å². The number of thiophene rings is 1.